The van der Waals surface area contributed by atoms with Gasteiger partial charge in [-0.05, 0) is 42.3 Å². The normalized spacial score (nSPS) is 12.2. The number of hydrogen-bond donors (Lipinski definition) is 1. The molecule has 1 aromatic heterocycles. The van der Waals surface area contributed by atoms with E-state index in [2.05, 4.69) is 15.4 Å². The Balaban J connectivity index is 1.59. The van der Waals surface area contributed by atoms with E-state index in [4.69, 9.17) is 4.74 Å². The first kappa shape index (κ1) is 21.1. The number of benzene rings is 3. The maximum Gasteiger partial charge on any atom is 0.252 e. The maximum atomic E-state index is 13.3. The summed E-state index contributed by atoms with van der Waals surface area (Å²) < 4.78 is 7.16. The van der Waals surface area contributed by atoms with Crippen molar-refractivity contribution in [2.24, 2.45) is 0 Å². The van der Waals surface area contributed by atoms with Crippen molar-refractivity contribution in [2.75, 3.05) is 7.11 Å². The second kappa shape index (κ2) is 9.75. The summed E-state index contributed by atoms with van der Waals surface area (Å²) in [5, 5.41) is 7.26. The predicted octanol–water partition coefficient (Wildman–Crippen LogP) is 4.69. The minimum atomic E-state index is -0.183. The molecule has 0 fully saturated rings. The van der Waals surface area contributed by atoms with E-state index in [-0.39, 0.29) is 11.9 Å². The first-order valence-corrected chi connectivity index (χ1v) is 10.3. The number of rotatable bonds is 7. The molecule has 4 aromatic rings. The molecular weight excluding hydrogens is 400 g/mol. The van der Waals surface area contributed by atoms with Gasteiger partial charge >= 0.3 is 0 Å². The summed E-state index contributed by atoms with van der Waals surface area (Å²) in [6.07, 6.45) is 5.01. The fourth-order valence-electron chi connectivity index (χ4n) is 3.45. The highest BCUT2D eigenvalue weighted by atomic mass is 16.5. The Morgan fingerprint density at radius 2 is 1.72 bits per heavy atom. The third-order valence-corrected chi connectivity index (χ3v) is 5.19. The Bertz CT molecular complexity index is 1200. The van der Waals surface area contributed by atoms with E-state index in [0.717, 1.165) is 22.4 Å². The lowest BCUT2D eigenvalue weighted by atomic mass is 10.0. The number of methoxy groups -OCH3 is 1. The summed E-state index contributed by atoms with van der Waals surface area (Å²) in [5.74, 6) is 0.556. The Labute approximate surface area is 187 Å². The second-order valence-electron chi connectivity index (χ2n) is 7.29. The highest BCUT2D eigenvalue weighted by Crippen LogP contribution is 2.26. The van der Waals surface area contributed by atoms with Crippen LogP contribution in [0.15, 0.2) is 91.5 Å². The predicted molar refractivity (Wildman–Crippen MR) is 125 cm³/mol. The molecule has 4 rings (SSSR count). The summed E-state index contributed by atoms with van der Waals surface area (Å²) in [6, 6.07) is 25.0. The lowest BCUT2D eigenvalue weighted by Gasteiger charge is -2.17. The number of amides is 1. The maximum absolute atomic E-state index is 13.3. The SMILES string of the molecule is COc1ccccc1/C=C(/C(=O)NC(C)c1ccc(-n2cncn2)cc1)c1ccccc1. The minimum Gasteiger partial charge on any atom is -0.496 e. The first-order valence-electron chi connectivity index (χ1n) is 10.3. The van der Waals surface area contributed by atoms with Gasteiger partial charge in [0.25, 0.3) is 5.91 Å². The molecule has 6 heteroatoms. The third-order valence-electron chi connectivity index (χ3n) is 5.19. The van der Waals surface area contributed by atoms with Crippen LogP contribution in [-0.4, -0.2) is 27.8 Å². The molecule has 6 nitrogen and oxygen atoms in total. The monoisotopic (exact) mass is 424 g/mol. The average molecular weight is 425 g/mol. The third kappa shape index (κ3) is 4.75. The molecule has 3 aromatic carbocycles. The molecule has 1 amide bonds. The van der Waals surface area contributed by atoms with E-state index in [1.54, 1.807) is 18.1 Å². The van der Waals surface area contributed by atoms with Gasteiger partial charge < -0.3 is 10.1 Å². The van der Waals surface area contributed by atoms with Gasteiger partial charge in [0.2, 0.25) is 0 Å². The molecule has 1 N–H and O–H groups in total. The Morgan fingerprint density at radius 1 is 1.00 bits per heavy atom. The number of para-hydroxylation sites is 1. The van der Waals surface area contributed by atoms with Crippen LogP contribution in [0.2, 0.25) is 0 Å². The van der Waals surface area contributed by atoms with Gasteiger partial charge in [-0.2, -0.15) is 5.10 Å². The highest BCUT2D eigenvalue weighted by Gasteiger charge is 2.17. The summed E-state index contributed by atoms with van der Waals surface area (Å²) in [7, 11) is 1.62. The van der Waals surface area contributed by atoms with Gasteiger partial charge in [-0.3, -0.25) is 4.79 Å². The van der Waals surface area contributed by atoms with Crippen LogP contribution in [0.4, 0.5) is 0 Å². The molecule has 160 valence electrons. The van der Waals surface area contributed by atoms with E-state index >= 15 is 0 Å². The Kier molecular flexibility index (Phi) is 6.41. The van der Waals surface area contributed by atoms with E-state index in [9.17, 15) is 4.79 Å². The van der Waals surface area contributed by atoms with Crippen LogP contribution in [0, 0.1) is 0 Å². The topological polar surface area (TPSA) is 69.0 Å². The fourth-order valence-corrected chi connectivity index (χ4v) is 3.45. The number of nitrogens with one attached hydrogen (secondary N) is 1. The second-order valence-corrected chi connectivity index (χ2v) is 7.29. The van der Waals surface area contributed by atoms with Crippen LogP contribution in [0.5, 0.6) is 5.75 Å². The molecule has 0 aliphatic carbocycles. The van der Waals surface area contributed by atoms with Crippen LogP contribution in [0.3, 0.4) is 0 Å². The summed E-state index contributed by atoms with van der Waals surface area (Å²) in [4.78, 5) is 17.3. The van der Waals surface area contributed by atoms with Gasteiger partial charge in [0.05, 0.1) is 18.8 Å². The first-order chi connectivity index (χ1) is 15.7. The molecule has 1 heterocycles. The summed E-state index contributed by atoms with van der Waals surface area (Å²) >= 11 is 0. The number of hydrogen-bond acceptors (Lipinski definition) is 4. The largest absolute Gasteiger partial charge is 0.496 e. The van der Waals surface area contributed by atoms with Crippen molar-refractivity contribution in [2.45, 2.75) is 13.0 Å². The van der Waals surface area contributed by atoms with Crippen LogP contribution < -0.4 is 10.1 Å². The minimum absolute atomic E-state index is 0.157. The highest BCUT2D eigenvalue weighted by molar-refractivity contribution is 6.24. The number of ether oxygens (including phenoxy) is 1. The Morgan fingerprint density at radius 3 is 2.41 bits per heavy atom. The van der Waals surface area contributed by atoms with Gasteiger partial charge in [-0.1, -0.05) is 60.7 Å². The standard InChI is InChI=1S/C26H24N4O2/c1-19(20-12-14-23(15-13-20)30-18-27-17-28-30)29-26(31)24(21-8-4-3-5-9-21)16-22-10-6-7-11-25(22)32-2/h3-19H,1-2H3,(H,29,31)/b24-16+. The van der Waals surface area contributed by atoms with Crippen LogP contribution in [-0.2, 0) is 4.79 Å². The molecule has 0 bridgehead atoms. The molecule has 0 aliphatic rings. The lowest BCUT2D eigenvalue weighted by molar-refractivity contribution is -0.116. The average Bonchev–Trinajstić information content (AvgIpc) is 3.38. The Hall–Kier alpha value is -4.19. The van der Waals surface area contributed by atoms with Crippen molar-refractivity contribution in [1.82, 2.24) is 20.1 Å². The zero-order valence-electron chi connectivity index (χ0n) is 18.0. The van der Waals surface area contributed by atoms with Crippen molar-refractivity contribution in [3.63, 3.8) is 0 Å². The van der Waals surface area contributed by atoms with Gasteiger partial charge in [0.1, 0.15) is 18.4 Å². The van der Waals surface area contributed by atoms with Gasteiger partial charge in [-0.25, -0.2) is 9.67 Å². The molecule has 0 spiro atoms. The lowest BCUT2D eigenvalue weighted by Crippen LogP contribution is -2.27. The molecule has 0 radical (unpaired) electrons. The number of carbonyl (C=O) groups excluding carboxylic acids is 1. The van der Waals surface area contributed by atoms with E-state index < -0.39 is 0 Å². The van der Waals surface area contributed by atoms with E-state index in [0.29, 0.717) is 11.3 Å². The summed E-state index contributed by atoms with van der Waals surface area (Å²) in [6.45, 7) is 1.97. The molecule has 0 aliphatic heterocycles. The van der Waals surface area contributed by atoms with Gasteiger partial charge in [0, 0.05) is 11.1 Å². The van der Waals surface area contributed by atoms with Gasteiger partial charge in [-0.15, -0.1) is 0 Å². The molecule has 0 saturated heterocycles. The molecule has 32 heavy (non-hydrogen) atoms. The zero-order valence-corrected chi connectivity index (χ0v) is 18.0. The van der Waals surface area contributed by atoms with Crippen LogP contribution >= 0.6 is 0 Å². The number of carbonyl (C=O) groups is 1. The quantitative estimate of drug-likeness (QED) is 0.345. The smallest absolute Gasteiger partial charge is 0.252 e. The fraction of sp³-hybridized carbons (Fsp3) is 0.115. The van der Waals surface area contributed by atoms with Crippen molar-refractivity contribution in [1.29, 1.82) is 0 Å². The van der Waals surface area contributed by atoms with Crippen LogP contribution in [0.1, 0.15) is 29.7 Å². The number of aromatic nitrogens is 3. The van der Waals surface area contributed by atoms with Crippen molar-refractivity contribution >= 4 is 17.6 Å². The van der Waals surface area contributed by atoms with E-state index in [1.165, 1.54) is 6.33 Å². The van der Waals surface area contributed by atoms with Crippen molar-refractivity contribution in [3.05, 3.63) is 108 Å². The molecule has 1 atom stereocenters. The van der Waals surface area contributed by atoms with Crippen molar-refractivity contribution < 1.29 is 9.53 Å². The summed E-state index contributed by atoms with van der Waals surface area (Å²) in [5.41, 5.74) is 4.15. The molecular formula is C26H24N4O2. The van der Waals surface area contributed by atoms with Gasteiger partial charge in [0.15, 0.2) is 0 Å². The molecule has 0 saturated carbocycles. The zero-order chi connectivity index (χ0) is 22.3. The van der Waals surface area contributed by atoms with Crippen molar-refractivity contribution in [3.8, 4) is 11.4 Å². The van der Waals surface area contributed by atoms with E-state index in [1.807, 2.05) is 91.9 Å². The van der Waals surface area contributed by atoms with Crippen LogP contribution in [0.25, 0.3) is 17.3 Å². The molecule has 1 unspecified atom stereocenters. The number of nitrogens with zero attached hydrogens (tertiary/aromatic N) is 3.